The van der Waals surface area contributed by atoms with Gasteiger partial charge in [-0.3, -0.25) is 0 Å². The van der Waals surface area contributed by atoms with Gasteiger partial charge in [-0.2, -0.15) is 5.10 Å². The molecule has 5 nitrogen and oxygen atoms in total. The Labute approximate surface area is 153 Å². The van der Waals surface area contributed by atoms with Gasteiger partial charge >= 0.3 is 6.03 Å². The predicted octanol–water partition coefficient (Wildman–Crippen LogP) is 3.30. The Balaban J connectivity index is 1.22. The lowest BCUT2D eigenvalue weighted by molar-refractivity contribution is 0.239. The van der Waals surface area contributed by atoms with Gasteiger partial charge in [0.15, 0.2) is 0 Å². The summed E-state index contributed by atoms with van der Waals surface area (Å²) < 4.78 is 1.81. The number of urea groups is 1. The van der Waals surface area contributed by atoms with Crippen molar-refractivity contribution >= 4 is 6.03 Å². The number of hydrogen-bond acceptors (Lipinski definition) is 2. The number of amides is 2. The maximum absolute atomic E-state index is 12.1. The first-order chi connectivity index (χ1) is 12.8. The van der Waals surface area contributed by atoms with Crippen LogP contribution in [-0.2, 0) is 13.0 Å². The van der Waals surface area contributed by atoms with Gasteiger partial charge in [0.2, 0.25) is 0 Å². The van der Waals surface area contributed by atoms with Gasteiger partial charge in [0, 0.05) is 12.2 Å². The number of nitrogens with zero attached hydrogens (tertiary/aromatic N) is 2. The molecule has 4 rings (SSSR count). The van der Waals surface area contributed by atoms with Crippen molar-refractivity contribution in [2.45, 2.75) is 25.4 Å². The molecule has 2 atom stereocenters. The zero-order chi connectivity index (χ0) is 17.8. The van der Waals surface area contributed by atoms with Crippen molar-refractivity contribution in [1.82, 2.24) is 20.4 Å². The van der Waals surface area contributed by atoms with E-state index in [-0.39, 0.29) is 12.1 Å². The summed E-state index contributed by atoms with van der Waals surface area (Å²) in [6.45, 7) is 0.418. The van der Waals surface area contributed by atoms with Crippen LogP contribution in [-0.4, -0.2) is 21.9 Å². The van der Waals surface area contributed by atoms with E-state index in [1.807, 2.05) is 53.3 Å². The molecule has 3 aromatic rings. The number of rotatable bonds is 6. The van der Waals surface area contributed by atoms with Gasteiger partial charge in [0.25, 0.3) is 0 Å². The summed E-state index contributed by atoms with van der Waals surface area (Å²) in [5, 5.41) is 10.4. The van der Waals surface area contributed by atoms with E-state index in [2.05, 4.69) is 40.0 Å². The summed E-state index contributed by atoms with van der Waals surface area (Å²) in [4.78, 5) is 12.1. The van der Waals surface area contributed by atoms with Crippen LogP contribution >= 0.6 is 0 Å². The second-order valence-electron chi connectivity index (χ2n) is 6.71. The quantitative estimate of drug-likeness (QED) is 0.719. The highest BCUT2D eigenvalue weighted by Gasteiger charge is 2.37. The molecule has 132 valence electrons. The number of para-hydroxylation sites is 1. The zero-order valence-electron chi connectivity index (χ0n) is 14.5. The lowest BCUT2D eigenvalue weighted by Gasteiger charge is -2.06. The Kier molecular flexibility index (Phi) is 4.69. The fraction of sp³-hybridized carbons (Fsp3) is 0.238. The van der Waals surface area contributed by atoms with Crippen molar-refractivity contribution in [2.24, 2.45) is 5.92 Å². The van der Waals surface area contributed by atoms with E-state index in [1.54, 1.807) is 0 Å². The number of carbonyl (C=O) groups excluding carboxylic acids is 1. The molecule has 0 aliphatic heterocycles. The summed E-state index contributed by atoms with van der Waals surface area (Å²) in [6, 6.07) is 22.4. The molecule has 2 aromatic carbocycles. The molecule has 0 saturated heterocycles. The zero-order valence-corrected chi connectivity index (χ0v) is 14.5. The summed E-state index contributed by atoms with van der Waals surface area (Å²) >= 11 is 0. The van der Waals surface area contributed by atoms with Gasteiger partial charge in [0.1, 0.15) is 0 Å². The molecule has 2 N–H and O–H groups in total. The van der Waals surface area contributed by atoms with E-state index in [9.17, 15) is 4.79 Å². The average molecular weight is 346 g/mol. The second-order valence-corrected chi connectivity index (χ2v) is 6.71. The molecule has 1 fully saturated rings. The Morgan fingerprint density at radius 2 is 1.77 bits per heavy atom. The Hall–Kier alpha value is -3.08. The molecule has 1 aliphatic rings. The minimum atomic E-state index is -0.125. The number of aromatic nitrogens is 2. The molecule has 1 aliphatic carbocycles. The van der Waals surface area contributed by atoms with E-state index in [0.717, 1.165) is 24.2 Å². The smallest absolute Gasteiger partial charge is 0.315 e. The van der Waals surface area contributed by atoms with Gasteiger partial charge in [-0.25, -0.2) is 9.48 Å². The first kappa shape index (κ1) is 16.4. The Morgan fingerprint density at radius 1 is 1.04 bits per heavy atom. The minimum absolute atomic E-state index is 0.125. The number of hydrogen-bond donors (Lipinski definition) is 2. The molecule has 2 unspecified atom stereocenters. The molecule has 5 heteroatoms. The van der Waals surface area contributed by atoms with Gasteiger partial charge in [-0.05, 0) is 42.5 Å². The van der Waals surface area contributed by atoms with Crippen LogP contribution in [0.15, 0.2) is 72.9 Å². The van der Waals surface area contributed by atoms with E-state index >= 15 is 0 Å². The van der Waals surface area contributed by atoms with Crippen LogP contribution in [0.2, 0.25) is 0 Å². The van der Waals surface area contributed by atoms with E-state index in [0.29, 0.717) is 12.5 Å². The van der Waals surface area contributed by atoms with Crippen molar-refractivity contribution < 1.29 is 4.79 Å². The predicted molar refractivity (Wildman–Crippen MR) is 101 cm³/mol. The first-order valence-corrected chi connectivity index (χ1v) is 8.96. The van der Waals surface area contributed by atoms with Crippen molar-refractivity contribution in [3.05, 3.63) is 84.2 Å². The third-order valence-electron chi connectivity index (χ3n) is 4.67. The second kappa shape index (κ2) is 7.44. The van der Waals surface area contributed by atoms with Crippen LogP contribution < -0.4 is 10.6 Å². The molecule has 0 bridgehead atoms. The fourth-order valence-corrected chi connectivity index (χ4v) is 3.14. The highest BCUT2D eigenvalue weighted by molar-refractivity contribution is 5.74. The van der Waals surface area contributed by atoms with Crippen molar-refractivity contribution in [2.75, 3.05) is 0 Å². The third-order valence-corrected chi connectivity index (χ3v) is 4.67. The monoisotopic (exact) mass is 346 g/mol. The summed E-state index contributed by atoms with van der Waals surface area (Å²) in [5.74, 6) is 0.542. The minimum Gasteiger partial charge on any atom is -0.335 e. The topological polar surface area (TPSA) is 59.0 Å². The molecule has 0 radical (unpaired) electrons. The first-order valence-electron chi connectivity index (χ1n) is 8.96. The van der Waals surface area contributed by atoms with Crippen LogP contribution in [0.25, 0.3) is 5.69 Å². The Bertz CT molecular complexity index is 860. The van der Waals surface area contributed by atoms with E-state index in [4.69, 9.17) is 0 Å². The molecule has 1 heterocycles. The standard InChI is InChI=1S/C21H22N4O/c26-21(23-20-14-17(20)13-16-7-3-1-4-8-16)22-15-18-11-12-25(24-18)19-9-5-2-6-10-19/h1-12,17,20H,13-15H2,(H2,22,23,26). The average Bonchev–Trinajstić information content (AvgIpc) is 3.21. The maximum atomic E-state index is 12.1. The molecule has 2 amide bonds. The van der Waals surface area contributed by atoms with Crippen LogP contribution in [0.3, 0.4) is 0 Å². The fourth-order valence-electron chi connectivity index (χ4n) is 3.14. The molecular weight excluding hydrogens is 324 g/mol. The van der Waals surface area contributed by atoms with Gasteiger partial charge in [-0.1, -0.05) is 48.5 Å². The van der Waals surface area contributed by atoms with E-state index < -0.39 is 0 Å². The maximum Gasteiger partial charge on any atom is 0.315 e. The van der Waals surface area contributed by atoms with Crippen molar-refractivity contribution in [3.8, 4) is 5.69 Å². The van der Waals surface area contributed by atoms with Crippen molar-refractivity contribution in [1.29, 1.82) is 0 Å². The number of nitrogens with one attached hydrogen (secondary N) is 2. The van der Waals surface area contributed by atoms with Crippen molar-refractivity contribution in [3.63, 3.8) is 0 Å². The molecule has 1 saturated carbocycles. The lowest BCUT2D eigenvalue weighted by atomic mass is 10.1. The highest BCUT2D eigenvalue weighted by Crippen LogP contribution is 2.33. The van der Waals surface area contributed by atoms with Gasteiger partial charge in [0.05, 0.1) is 17.9 Å². The molecule has 0 spiro atoms. The highest BCUT2D eigenvalue weighted by atomic mass is 16.2. The van der Waals surface area contributed by atoms with Crippen LogP contribution in [0.4, 0.5) is 4.79 Å². The van der Waals surface area contributed by atoms with Gasteiger partial charge in [-0.15, -0.1) is 0 Å². The van der Waals surface area contributed by atoms with Crippen LogP contribution in [0, 0.1) is 5.92 Å². The van der Waals surface area contributed by atoms with Crippen LogP contribution in [0.5, 0.6) is 0 Å². The van der Waals surface area contributed by atoms with Gasteiger partial charge < -0.3 is 10.6 Å². The molecule has 26 heavy (non-hydrogen) atoms. The molecular formula is C21H22N4O. The largest absolute Gasteiger partial charge is 0.335 e. The number of carbonyl (C=O) groups is 1. The summed E-state index contributed by atoms with van der Waals surface area (Å²) in [5.41, 5.74) is 3.17. The normalized spacial score (nSPS) is 18.3. The number of benzene rings is 2. The third kappa shape index (κ3) is 4.11. The van der Waals surface area contributed by atoms with E-state index in [1.165, 1.54) is 5.56 Å². The Morgan fingerprint density at radius 3 is 2.54 bits per heavy atom. The summed E-state index contributed by atoms with van der Waals surface area (Å²) in [7, 11) is 0. The lowest BCUT2D eigenvalue weighted by Crippen LogP contribution is -2.37. The SMILES string of the molecule is O=C(NCc1ccn(-c2ccccc2)n1)NC1CC1Cc1ccccc1. The van der Waals surface area contributed by atoms with Crippen LogP contribution in [0.1, 0.15) is 17.7 Å². The summed E-state index contributed by atoms with van der Waals surface area (Å²) in [6.07, 6.45) is 3.97. The molecule has 1 aromatic heterocycles.